The summed E-state index contributed by atoms with van der Waals surface area (Å²) in [4.78, 5) is 18.7. The van der Waals surface area contributed by atoms with Crippen molar-refractivity contribution in [1.82, 2.24) is 15.2 Å². The molecule has 110 valence electrons. The van der Waals surface area contributed by atoms with Gasteiger partial charge in [0.1, 0.15) is 0 Å². The molecule has 0 aliphatic carbocycles. The fourth-order valence-corrected chi connectivity index (χ4v) is 2.87. The number of pyridine rings is 1. The lowest BCUT2D eigenvalue weighted by Gasteiger charge is -2.27. The largest absolute Gasteiger partial charge is 0.340 e. The molecule has 0 radical (unpaired) electrons. The van der Waals surface area contributed by atoms with Crippen molar-refractivity contribution >= 4 is 16.7 Å². The second-order valence-electron chi connectivity index (χ2n) is 5.47. The number of hydrogen-bond acceptors (Lipinski definition) is 3. The SMILES string of the molecule is CCc1nccc2ccc(CC(=O)N3CCNCC3)cc12. The minimum absolute atomic E-state index is 0.220. The molecule has 2 aromatic rings. The van der Waals surface area contributed by atoms with Gasteiger partial charge in [0, 0.05) is 43.5 Å². The monoisotopic (exact) mass is 283 g/mol. The molecule has 21 heavy (non-hydrogen) atoms. The summed E-state index contributed by atoms with van der Waals surface area (Å²) in [5.74, 6) is 0.220. The first-order valence-electron chi connectivity index (χ1n) is 7.63. The van der Waals surface area contributed by atoms with Gasteiger partial charge in [0.05, 0.1) is 6.42 Å². The summed E-state index contributed by atoms with van der Waals surface area (Å²) in [5.41, 5.74) is 2.18. The molecule has 0 bridgehead atoms. The van der Waals surface area contributed by atoms with E-state index in [1.165, 1.54) is 10.8 Å². The molecule has 3 rings (SSSR count). The van der Waals surface area contributed by atoms with Crippen LogP contribution in [-0.2, 0) is 17.6 Å². The van der Waals surface area contributed by atoms with E-state index in [1.54, 1.807) is 0 Å². The maximum absolute atomic E-state index is 12.3. The number of nitrogens with zero attached hydrogens (tertiary/aromatic N) is 2. The molecule has 1 fully saturated rings. The summed E-state index contributed by atoms with van der Waals surface area (Å²) < 4.78 is 0. The lowest BCUT2D eigenvalue weighted by Crippen LogP contribution is -2.46. The number of fused-ring (bicyclic) bond motifs is 1. The second-order valence-corrected chi connectivity index (χ2v) is 5.47. The van der Waals surface area contributed by atoms with Crippen molar-refractivity contribution in [3.63, 3.8) is 0 Å². The van der Waals surface area contributed by atoms with Crippen LogP contribution in [0.2, 0.25) is 0 Å². The lowest BCUT2D eigenvalue weighted by molar-refractivity contribution is -0.131. The highest BCUT2D eigenvalue weighted by Gasteiger charge is 2.16. The summed E-state index contributed by atoms with van der Waals surface area (Å²) in [6.45, 7) is 5.53. The maximum Gasteiger partial charge on any atom is 0.227 e. The molecule has 4 heteroatoms. The first-order chi connectivity index (χ1) is 10.3. The fourth-order valence-electron chi connectivity index (χ4n) is 2.87. The predicted molar refractivity (Wildman–Crippen MR) is 84.3 cm³/mol. The molecular weight excluding hydrogens is 262 g/mol. The van der Waals surface area contributed by atoms with E-state index in [1.807, 2.05) is 17.2 Å². The number of amides is 1. The van der Waals surface area contributed by atoms with Gasteiger partial charge in [-0.1, -0.05) is 19.1 Å². The average molecular weight is 283 g/mol. The number of aromatic nitrogens is 1. The molecule has 1 N–H and O–H groups in total. The van der Waals surface area contributed by atoms with Crippen LogP contribution in [0, 0.1) is 0 Å². The van der Waals surface area contributed by atoms with Crippen LogP contribution in [0.15, 0.2) is 30.5 Å². The van der Waals surface area contributed by atoms with Gasteiger partial charge in [0.2, 0.25) is 5.91 Å². The Morgan fingerprint density at radius 3 is 2.86 bits per heavy atom. The van der Waals surface area contributed by atoms with Crippen molar-refractivity contribution < 1.29 is 4.79 Å². The molecule has 0 saturated carbocycles. The maximum atomic E-state index is 12.3. The van der Waals surface area contributed by atoms with Crippen LogP contribution >= 0.6 is 0 Å². The number of nitrogens with one attached hydrogen (secondary N) is 1. The quantitative estimate of drug-likeness (QED) is 0.934. The molecule has 1 aromatic carbocycles. The molecular formula is C17H21N3O. The Labute approximate surface area is 125 Å². The first kappa shape index (κ1) is 14.0. The summed E-state index contributed by atoms with van der Waals surface area (Å²) in [6, 6.07) is 8.30. The van der Waals surface area contributed by atoms with Crippen LogP contribution in [0.25, 0.3) is 10.8 Å². The number of rotatable bonds is 3. The molecule has 2 heterocycles. The highest BCUT2D eigenvalue weighted by Crippen LogP contribution is 2.20. The van der Waals surface area contributed by atoms with Crippen molar-refractivity contribution in [1.29, 1.82) is 0 Å². The summed E-state index contributed by atoms with van der Waals surface area (Å²) in [6.07, 6.45) is 3.24. The normalized spacial score (nSPS) is 15.4. The van der Waals surface area contributed by atoms with Gasteiger partial charge in [-0.15, -0.1) is 0 Å². The van der Waals surface area contributed by atoms with E-state index < -0.39 is 0 Å². The standard InChI is InChI=1S/C17H21N3O/c1-2-16-15-11-13(3-4-14(15)5-6-19-16)12-17(21)20-9-7-18-8-10-20/h3-6,11,18H,2,7-10,12H2,1H3. The fraction of sp³-hybridized carbons (Fsp3) is 0.412. The van der Waals surface area contributed by atoms with E-state index in [9.17, 15) is 4.79 Å². The van der Waals surface area contributed by atoms with E-state index >= 15 is 0 Å². The molecule has 0 spiro atoms. The predicted octanol–water partition coefficient (Wildman–Crippen LogP) is 1.77. The molecule has 4 nitrogen and oxygen atoms in total. The highest BCUT2D eigenvalue weighted by atomic mass is 16.2. The van der Waals surface area contributed by atoms with E-state index in [0.717, 1.165) is 43.9 Å². The Kier molecular flexibility index (Phi) is 4.15. The van der Waals surface area contributed by atoms with E-state index in [-0.39, 0.29) is 5.91 Å². The Morgan fingerprint density at radius 2 is 2.10 bits per heavy atom. The number of piperazine rings is 1. The van der Waals surface area contributed by atoms with Gasteiger partial charge in [-0.3, -0.25) is 9.78 Å². The summed E-state index contributed by atoms with van der Waals surface area (Å²) in [5, 5.41) is 5.64. The van der Waals surface area contributed by atoms with E-state index in [4.69, 9.17) is 0 Å². The average Bonchev–Trinajstić information content (AvgIpc) is 2.55. The molecule has 1 saturated heterocycles. The van der Waals surface area contributed by atoms with E-state index in [0.29, 0.717) is 6.42 Å². The van der Waals surface area contributed by atoms with Gasteiger partial charge >= 0.3 is 0 Å². The van der Waals surface area contributed by atoms with Crippen molar-refractivity contribution in [3.05, 3.63) is 41.7 Å². The number of carbonyl (C=O) groups excluding carboxylic acids is 1. The van der Waals surface area contributed by atoms with Gasteiger partial charge in [0.25, 0.3) is 0 Å². The van der Waals surface area contributed by atoms with Gasteiger partial charge in [0.15, 0.2) is 0 Å². The zero-order valence-corrected chi connectivity index (χ0v) is 12.4. The molecule has 0 atom stereocenters. The summed E-state index contributed by atoms with van der Waals surface area (Å²) >= 11 is 0. The Bertz CT molecular complexity index is 648. The van der Waals surface area contributed by atoms with E-state index in [2.05, 4.69) is 35.4 Å². The third-order valence-corrected chi connectivity index (χ3v) is 4.07. The number of benzene rings is 1. The van der Waals surface area contributed by atoms with Crippen LogP contribution in [0.1, 0.15) is 18.2 Å². The number of hydrogen-bond donors (Lipinski definition) is 1. The zero-order chi connectivity index (χ0) is 14.7. The summed E-state index contributed by atoms with van der Waals surface area (Å²) in [7, 11) is 0. The van der Waals surface area contributed by atoms with Crippen LogP contribution < -0.4 is 5.32 Å². The van der Waals surface area contributed by atoms with Gasteiger partial charge in [-0.05, 0) is 29.5 Å². The van der Waals surface area contributed by atoms with Crippen molar-refractivity contribution in [2.45, 2.75) is 19.8 Å². The van der Waals surface area contributed by atoms with Crippen LogP contribution in [-0.4, -0.2) is 42.0 Å². The molecule has 1 aliphatic heterocycles. The topological polar surface area (TPSA) is 45.2 Å². The van der Waals surface area contributed by atoms with Crippen molar-refractivity contribution in [3.8, 4) is 0 Å². The van der Waals surface area contributed by atoms with Gasteiger partial charge in [-0.2, -0.15) is 0 Å². The van der Waals surface area contributed by atoms with Crippen molar-refractivity contribution in [2.24, 2.45) is 0 Å². The van der Waals surface area contributed by atoms with Gasteiger partial charge < -0.3 is 10.2 Å². The Balaban J connectivity index is 1.82. The van der Waals surface area contributed by atoms with Gasteiger partial charge in [-0.25, -0.2) is 0 Å². The zero-order valence-electron chi connectivity index (χ0n) is 12.4. The minimum Gasteiger partial charge on any atom is -0.340 e. The molecule has 1 aromatic heterocycles. The molecule has 1 amide bonds. The van der Waals surface area contributed by atoms with Crippen molar-refractivity contribution in [2.75, 3.05) is 26.2 Å². The van der Waals surface area contributed by atoms with Crippen LogP contribution in [0.4, 0.5) is 0 Å². The lowest BCUT2D eigenvalue weighted by atomic mass is 10.0. The third kappa shape index (κ3) is 3.05. The minimum atomic E-state index is 0.220. The Morgan fingerprint density at radius 1 is 1.29 bits per heavy atom. The molecule has 1 aliphatic rings. The second kappa shape index (κ2) is 6.22. The van der Waals surface area contributed by atoms with Crippen LogP contribution in [0.5, 0.6) is 0 Å². The van der Waals surface area contributed by atoms with Crippen LogP contribution in [0.3, 0.4) is 0 Å². The highest BCUT2D eigenvalue weighted by molar-refractivity contribution is 5.87. The number of carbonyl (C=O) groups is 1. The first-order valence-corrected chi connectivity index (χ1v) is 7.63. The Hall–Kier alpha value is -1.94. The third-order valence-electron chi connectivity index (χ3n) is 4.07. The smallest absolute Gasteiger partial charge is 0.227 e. The molecule has 0 unspecified atom stereocenters. The number of aryl methyl sites for hydroxylation is 1.